The van der Waals surface area contributed by atoms with Gasteiger partial charge in [-0.05, 0) is 37.3 Å². The highest BCUT2D eigenvalue weighted by atomic mass is 19.1. The van der Waals surface area contributed by atoms with Gasteiger partial charge in [0.25, 0.3) is 5.91 Å². The summed E-state index contributed by atoms with van der Waals surface area (Å²) in [5.41, 5.74) is 1.16. The molecule has 1 amide bonds. The van der Waals surface area contributed by atoms with Crippen molar-refractivity contribution in [3.8, 4) is 0 Å². The zero-order chi connectivity index (χ0) is 14.7. The molecule has 0 heterocycles. The number of anilines is 1. The molecule has 2 aromatic rings. The van der Waals surface area contributed by atoms with Crippen molar-refractivity contribution in [3.05, 3.63) is 65.0 Å². The summed E-state index contributed by atoms with van der Waals surface area (Å²) in [6, 6.07) is 10.4. The van der Waals surface area contributed by atoms with Crippen LogP contribution in [0.2, 0.25) is 0 Å². The minimum atomic E-state index is -1.35. The first-order valence-corrected chi connectivity index (χ1v) is 5.88. The Bertz CT molecular complexity index is 683. The largest absolute Gasteiger partial charge is 0.478 e. The van der Waals surface area contributed by atoms with Gasteiger partial charge < -0.3 is 10.4 Å². The maximum atomic E-state index is 13.5. The van der Waals surface area contributed by atoms with Gasteiger partial charge in [-0.15, -0.1) is 0 Å². The van der Waals surface area contributed by atoms with Crippen LogP contribution in [0.4, 0.5) is 10.1 Å². The monoisotopic (exact) mass is 273 g/mol. The Morgan fingerprint density at radius 1 is 1.15 bits per heavy atom. The summed E-state index contributed by atoms with van der Waals surface area (Å²) in [6.07, 6.45) is 0. The lowest BCUT2D eigenvalue weighted by Crippen LogP contribution is -2.12. The number of aromatic carboxylic acids is 1. The van der Waals surface area contributed by atoms with Gasteiger partial charge in [-0.2, -0.15) is 0 Å². The van der Waals surface area contributed by atoms with Crippen LogP contribution in [-0.2, 0) is 0 Å². The Balaban J connectivity index is 2.20. The molecule has 0 fully saturated rings. The summed E-state index contributed by atoms with van der Waals surface area (Å²) in [5.74, 6) is -2.62. The third-order valence-electron chi connectivity index (χ3n) is 2.74. The number of amides is 1. The van der Waals surface area contributed by atoms with E-state index in [1.807, 2.05) is 13.0 Å². The number of carboxylic acids is 1. The van der Waals surface area contributed by atoms with Crippen LogP contribution in [0.25, 0.3) is 0 Å². The van der Waals surface area contributed by atoms with Crippen molar-refractivity contribution in [2.45, 2.75) is 6.92 Å². The van der Waals surface area contributed by atoms with Crippen molar-refractivity contribution in [3.63, 3.8) is 0 Å². The number of carbonyl (C=O) groups is 2. The Morgan fingerprint density at radius 2 is 1.90 bits per heavy atom. The molecule has 0 aliphatic carbocycles. The van der Waals surface area contributed by atoms with Crippen molar-refractivity contribution in [1.82, 2.24) is 0 Å². The fourth-order valence-electron chi connectivity index (χ4n) is 1.76. The smallest absolute Gasteiger partial charge is 0.338 e. The number of hydrogen-bond acceptors (Lipinski definition) is 2. The molecule has 0 saturated heterocycles. The Hall–Kier alpha value is -2.69. The predicted octanol–water partition coefficient (Wildman–Crippen LogP) is 3.08. The van der Waals surface area contributed by atoms with Gasteiger partial charge in [-0.25, -0.2) is 9.18 Å². The van der Waals surface area contributed by atoms with Crippen LogP contribution >= 0.6 is 0 Å². The van der Waals surface area contributed by atoms with Gasteiger partial charge in [0.05, 0.1) is 5.56 Å². The molecule has 0 aliphatic heterocycles. The second-order valence-corrected chi connectivity index (χ2v) is 4.32. The minimum absolute atomic E-state index is 0.207. The van der Waals surface area contributed by atoms with Crippen LogP contribution in [0, 0.1) is 12.7 Å². The van der Waals surface area contributed by atoms with Crippen molar-refractivity contribution >= 4 is 17.6 Å². The van der Waals surface area contributed by atoms with Gasteiger partial charge in [0, 0.05) is 11.3 Å². The predicted molar refractivity (Wildman–Crippen MR) is 72.5 cm³/mol. The number of rotatable bonds is 3. The topological polar surface area (TPSA) is 66.4 Å². The fourth-order valence-corrected chi connectivity index (χ4v) is 1.76. The van der Waals surface area contributed by atoms with E-state index in [1.54, 1.807) is 18.2 Å². The van der Waals surface area contributed by atoms with Crippen LogP contribution in [0.5, 0.6) is 0 Å². The molecular weight excluding hydrogens is 261 g/mol. The van der Waals surface area contributed by atoms with E-state index in [0.29, 0.717) is 5.56 Å². The third-order valence-corrected chi connectivity index (χ3v) is 2.74. The van der Waals surface area contributed by atoms with Gasteiger partial charge in [-0.1, -0.05) is 17.7 Å². The number of carboxylic acid groups (broad SMARTS) is 1. The van der Waals surface area contributed by atoms with Crippen molar-refractivity contribution in [2.75, 3.05) is 5.32 Å². The molecule has 20 heavy (non-hydrogen) atoms. The van der Waals surface area contributed by atoms with E-state index < -0.39 is 17.3 Å². The maximum Gasteiger partial charge on any atom is 0.338 e. The molecule has 4 nitrogen and oxygen atoms in total. The summed E-state index contributed by atoms with van der Waals surface area (Å²) >= 11 is 0. The lowest BCUT2D eigenvalue weighted by Gasteiger charge is -2.07. The van der Waals surface area contributed by atoms with Gasteiger partial charge in [0.1, 0.15) is 5.82 Å². The molecule has 0 unspecified atom stereocenters. The molecule has 0 aromatic heterocycles. The van der Waals surface area contributed by atoms with E-state index in [-0.39, 0.29) is 11.6 Å². The summed E-state index contributed by atoms with van der Waals surface area (Å²) in [7, 11) is 0. The average Bonchev–Trinajstić information content (AvgIpc) is 2.38. The third kappa shape index (κ3) is 3.00. The van der Waals surface area contributed by atoms with E-state index >= 15 is 0 Å². The van der Waals surface area contributed by atoms with Gasteiger partial charge in [0.2, 0.25) is 0 Å². The van der Waals surface area contributed by atoms with Gasteiger partial charge in [-0.3, -0.25) is 4.79 Å². The summed E-state index contributed by atoms with van der Waals surface area (Å²) in [5, 5.41) is 11.2. The van der Waals surface area contributed by atoms with Crippen LogP contribution in [0.1, 0.15) is 26.3 Å². The van der Waals surface area contributed by atoms with Gasteiger partial charge >= 0.3 is 5.97 Å². The molecule has 0 saturated carbocycles. The van der Waals surface area contributed by atoms with Crippen LogP contribution < -0.4 is 5.32 Å². The molecule has 0 bridgehead atoms. The van der Waals surface area contributed by atoms with E-state index in [9.17, 15) is 14.0 Å². The quantitative estimate of drug-likeness (QED) is 0.903. The summed E-state index contributed by atoms with van der Waals surface area (Å²) in [6.45, 7) is 1.86. The minimum Gasteiger partial charge on any atom is -0.478 e. The lowest BCUT2D eigenvalue weighted by atomic mass is 10.1. The van der Waals surface area contributed by atoms with Crippen LogP contribution in [0.15, 0.2) is 42.5 Å². The van der Waals surface area contributed by atoms with E-state index in [1.165, 1.54) is 6.07 Å². The Morgan fingerprint density at radius 3 is 2.50 bits per heavy atom. The van der Waals surface area contributed by atoms with E-state index in [0.717, 1.165) is 17.7 Å². The molecule has 102 valence electrons. The highest BCUT2D eigenvalue weighted by molar-refractivity contribution is 6.04. The van der Waals surface area contributed by atoms with Gasteiger partial charge in [0.15, 0.2) is 0 Å². The number of carbonyl (C=O) groups excluding carboxylic acids is 1. The first-order chi connectivity index (χ1) is 9.47. The molecular formula is C15H12FNO3. The van der Waals surface area contributed by atoms with E-state index in [4.69, 9.17) is 5.11 Å². The second-order valence-electron chi connectivity index (χ2n) is 4.32. The molecule has 2 N–H and O–H groups in total. The summed E-state index contributed by atoms with van der Waals surface area (Å²) in [4.78, 5) is 22.6. The molecule has 0 spiro atoms. The van der Waals surface area contributed by atoms with Crippen LogP contribution in [-0.4, -0.2) is 17.0 Å². The number of hydrogen-bond donors (Lipinski definition) is 2. The maximum absolute atomic E-state index is 13.5. The fraction of sp³-hybridized carbons (Fsp3) is 0.0667. The van der Waals surface area contributed by atoms with Crippen molar-refractivity contribution < 1.29 is 19.1 Å². The summed E-state index contributed by atoms with van der Waals surface area (Å²) < 4.78 is 13.5. The first kappa shape index (κ1) is 13.7. The molecule has 5 heteroatoms. The second kappa shape index (κ2) is 5.52. The number of aryl methyl sites for hydroxylation is 1. The van der Waals surface area contributed by atoms with Crippen LogP contribution in [0.3, 0.4) is 0 Å². The zero-order valence-corrected chi connectivity index (χ0v) is 10.7. The average molecular weight is 273 g/mol. The number of nitrogens with one attached hydrogen (secondary N) is 1. The highest BCUT2D eigenvalue weighted by Crippen LogP contribution is 2.16. The molecule has 2 aromatic carbocycles. The standard InChI is InChI=1S/C15H12FNO3/c1-9-3-2-4-10(7-9)14(18)17-11-5-6-12(15(19)20)13(16)8-11/h2-8H,1H3,(H,17,18)(H,19,20). The Labute approximate surface area is 114 Å². The molecule has 0 aliphatic rings. The highest BCUT2D eigenvalue weighted by Gasteiger charge is 2.12. The number of benzene rings is 2. The number of halogens is 1. The zero-order valence-electron chi connectivity index (χ0n) is 10.7. The molecule has 0 atom stereocenters. The normalized spacial score (nSPS) is 10.1. The molecule has 0 radical (unpaired) electrons. The lowest BCUT2D eigenvalue weighted by molar-refractivity contribution is 0.0692. The molecule has 2 rings (SSSR count). The SMILES string of the molecule is Cc1cccc(C(=O)Nc2ccc(C(=O)O)c(F)c2)c1. The van der Waals surface area contributed by atoms with Crippen molar-refractivity contribution in [1.29, 1.82) is 0 Å². The van der Waals surface area contributed by atoms with Crippen molar-refractivity contribution in [2.24, 2.45) is 0 Å². The Kier molecular flexibility index (Phi) is 3.79. The first-order valence-electron chi connectivity index (χ1n) is 5.88. The van der Waals surface area contributed by atoms with E-state index in [2.05, 4.69) is 5.32 Å².